The van der Waals surface area contributed by atoms with Crippen molar-refractivity contribution in [3.8, 4) is 0 Å². The minimum Gasteiger partial charge on any atom is -0.436 e. The van der Waals surface area contributed by atoms with Crippen LogP contribution >= 0.6 is 0 Å². The van der Waals surface area contributed by atoms with Crippen LogP contribution in [-0.2, 0) is 6.18 Å². The van der Waals surface area contributed by atoms with Crippen molar-refractivity contribution in [1.29, 1.82) is 0 Å². The number of hydrogen-bond donors (Lipinski definition) is 1. The Morgan fingerprint density at radius 1 is 1.45 bits per heavy atom. The van der Waals surface area contributed by atoms with Crippen molar-refractivity contribution in [3.63, 3.8) is 0 Å². The van der Waals surface area contributed by atoms with Crippen molar-refractivity contribution in [1.82, 2.24) is 0 Å². The standard InChI is InChI=1S/C6H6F3NO/c1-3-2-4(6(7,8)9)11-5(3)10/h2H,10H2,1H3. The van der Waals surface area contributed by atoms with Gasteiger partial charge in [-0.1, -0.05) is 0 Å². The molecule has 1 rings (SSSR count). The molecule has 0 aliphatic carbocycles. The summed E-state index contributed by atoms with van der Waals surface area (Å²) in [5.41, 5.74) is 5.37. The molecule has 2 nitrogen and oxygen atoms in total. The van der Waals surface area contributed by atoms with Crippen molar-refractivity contribution in [3.05, 3.63) is 17.4 Å². The quantitative estimate of drug-likeness (QED) is 0.639. The van der Waals surface area contributed by atoms with Gasteiger partial charge in [0.15, 0.2) is 5.88 Å². The number of alkyl halides is 3. The number of rotatable bonds is 0. The lowest BCUT2D eigenvalue weighted by molar-refractivity contribution is -0.152. The van der Waals surface area contributed by atoms with Gasteiger partial charge in [0.25, 0.3) is 0 Å². The van der Waals surface area contributed by atoms with Gasteiger partial charge >= 0.3 is 6.18 Å². The molecule has 0 atom stereocenters. The first-order valence-corrected chi connectivity index (χ1v) is 2.84. The number of furan rings is 1. The third-order valence-corrected chi connectivity index (χ3v) is 1.24. The molecule has 0 aliphatic heterocycles. The van der Waals surface area contributed by atoms with Gasteiger partial charge in [0.05, 0.1) is 0 Å². The topological polar surface area (TPSA) is 39.2 Å². The Morgan fingerprint density at radius 2 is 2.00 bits per heavy atom. The van der Waals surface area contributed by atoms with Gasteiger partial charge < -0.3 is 10.2 Å². The third-order valence-electron chi connectivity index (χ3n) is 1.24. The summed E-state index contributed by atoms with van der Waals surface area (Å²) in [5.74, 6) is -1.23. The molecule has 0 aliphatic rings. The molecule has 1 aromatic heterocycles. The van der Waals surface area contributed by atoms with Crippen LogP contribution in [-0.4, -0.2) is 0 Å². The first kappa shape index (κ1) is 7.97. The molecule has 1 heterocycles. The fourth-order valence-electron chi connectivity index (χ4n) is 0.636. The Kier molecular flexibility index (Phi) is 1.58. The largest absolute Gasteiger partial charge is 0.449 e. The van der Waals surface area contributed by atoms with Gasteiger partial charge in [0.2, 0.25) is 5.76 Å². The second kappa shape index (κ2) is 2.18. The predicted molar refractivity (Wildman–Crippen MR) is 32.9 cm³/mol. The maximum atomic E-state index is 11.8. The molecule has 0 saturated carbocycles. The van der Waals surface area contributed by atoms with E-state index in [1.807, 2.05) is 0 Å². The molecule has 1 aromatic rings. The molecule has 0 radical (unpaired) electrons. The lowest BCUT2D eigenvalue weighted by atomic mass is 10.3. The second-order valence-electron chi connectivity index (χ2n) is 2.16. The van der Waals surface area contributed by atoms with E-state index in [1.165, 1.54) is 6.92 Å². The van der Waals surface area contributed by atoms with Gasteiger partial charge in [-0.05, 0) is 13.0 Å². The maximum absolute atomic E-state index is 11.8. The SMILES string of the molecule is Cc1cc(C(F)(F)F)oc1N. The van der Waals surface area contributed by atoms with Crippen LogP contribution in [0.2, 0.25) is 0 Å². The highest BCUT2D eigenvalue weighted by Gasteiger charge is 2.35. The normalized spacial score (nSPS) is 12.0. The zero-order valence-corrected chi connectivity index (χ0v) is 5.70. The molecule has 0 amide bonds. The van der Waals surface area contributed by atoms with E-state index < -0.39 is 11.9 Å². The minimum absolute atomic E-state index is 0.183. The van der Waals surface area contributed by atoms with E-state index in [0.717, 1.165) is 6.07 Å². The number of nitrogen functional groups attached to an aromatic ring is 1. The van der Waals surface area contributed by atoms with E-state index in [-0.39, 0.29) is 5.88 Å². The molecule has 0 saturated heterocycles. The second-order valence-corrected chi connectivity index (χ2v) is 2.16. The summed E-state index contributed by atoms with van der Waals surface area (Å²) >= 11 is 0. The van der Waals surface area contributed by atoms with Crippen LogP contribution in [0.1, 0.15) is 11.3 Å². The molecule has 0 spiro atoms. The van der Waals surface area contributed by atoms with Gasteiger partial charge in [-0.2, -0.15) is 13.2 Å². The molecule has 5 heteroatoms. The van der Waals surface area contributed by atoms with Crippen LogP contribution < -0.4 is 5.73 Å². The number of nitrogens with two attached hydrogens (primary N) is 1. The Balaban J connectivity index is 3.08. The average molecular weight is 165 g/mol. The highest BCUT2D eigenvalue weighted by molar-refractivity contribution is 5.37. The summed E-state index contributed by atoms with van der Waals surface area (Å²) in [7, 11) is 0. The minimum atomic E-state index is -4.44. The molecule has 11 heavy (non-hydrogen) atoms. The molecule has 0 unspecified atom stereocenters. The van der Waals surface area contributed by atoms with Crippen molar-refractivity contribution in [2.75, 3.05) is 5.73 Å². The highest BCUT2D eigenvalue weighted by Crippen LogP contribution is 2.32. The van der Waals surface area contributed by atoms with Crippen molar-refractivity contribution in [2.45, 2.75) is 13.1 Å². The van der Waals surface area contributed by atoms with E-state index >= 15 is 0 Å². The predicted octanol–water partition coefficient (Wildman–Crippen LogP) is 2.19. The number of anilines is 1. The fourth-order valence-corrected chi connectivity index (χ4v) is 0.636. The summed E-state index contributed by atoms with van der Waals surface area (Å²) in [6.07, 6.45) is -4.44. The molecule has 0 fully saturated rings. The monoisotopic (exact) mass is 165 g/mol. The summed E-state index contributed by atoms with van der Waals surface area (Å²) in [5, 5.41) is 0. The van der Waals surface area contributed by atoms with E-state index in [2.05, 4.69) is 4.42 Å². The maximum Gasteiger partial charge on any atom is 0.449 e. The van der Waals surface area contributed by atoms with Gasteiger partial charge in [0, 0.05) is 5.56 Å². The molecule has 0 aromatic carbocycles. The summed E-state index contributed by atoms with van der Waals surface area (Å²) in [6.45, 7) is 1.45. The van der Waals surface area contributed by atoms with Crippen LogP contribution in [0.15, 0.2) is 10.5 Å². The van der Waals surface area contributed by atoms with E-state index in [4.69, 9.17) is 5.73 Å². The lowest BCUT2D eigenvalue weighted by Gasteiger charge is -1.99. The number of halogens is 3. The van der Waals surface area contributed by atoms with Crippen LogP contribution in [0.5, 0.6) is 0 Å². The molecule has 2 N–H and O–H groups in total. The zero-order chi connectivity index (χ0) is 8.65. The van der Waals surface area contributed by atoms with E-state index in [9.17, 15) is 13.2 Å². The fraction of sp³-hybridized carbons (Fsp3) is 0.333. The number of aryl methyl sites for hydroxylation is 1. The molecule has 0 bridgehead atoms. The average Bonchev–Trinajstić information content (AvgIpc) is 2.11. The molecule has 62 valence electrons. The highest BCUT2D eigenvalue weighted by atomic mass is 19.4. The van der Waals surface area contributed by atoms with Gasteiger partial charge in [-0.25, -0.2) is 0 Å². The van der Waals surface area contributed by atoms with Gasteiger partial charge in [-0.15, -0.1) is 0 Å². The summed E-state index contributed by atoms with van der Waals surface area (Å²) in [4.78, 5) is 0. The zero-order valence-electron chi connectivity index (χ0n) is 5.70. The van der Waals surface area contributed by atoms with E-state index in [0.29, 0.717) is 5.56 Å². The summed E-state index contributed by atoms with van der Waals surface area (Å²) < 4.78 is 39.7. The van der Waals surface area contributed by atoms with Crippen LogP contribution in [0.3, 0.4) is 0 Å². The van der Waals surface area contributed by atoms with Crippen LogP contribution in [0.4, 0.5) is 19.1 Å². The molecular formula is C6H6F3NO. The van der Waals surface area contributed by atoms with Crippen molar-refractivity contribution < 1.29 is 17.6 Å². The van der Waals surface area contributed by atoms with Crippen LogP contribution in [0, 0.1) is 6.92 Å². The lowest BCUT2D eigenvalue weighted by Crippen LogP contribution is -2.02. The van der Waals surface area contributed by atoms with Crippen molar-refractivity contribution in [2.24, 2.45) is 0 Å². The third kappa shape index (κ3) is 1.47. The Hall–Kier alpha value is -1.13. The van der Waals surface area contributed by atoms with Crippen LogP contribution in [0.25, 0.3) is 0 Å². The van der Waals surface area contributed by atoms with Crippen molar-refractivity contribution >= 4 is 5.88 Å². The molecular weight excluding hydrogens is 159 g/mol. The Labute approximate surface area is 60.8 Å². The van der Waals surface area contributed by atoms with E-state index in [1.54, 1.807) is 0 Å². The summed E-state index contributed by atoms with van der Waals surface area (Å²) in [6, 6.07) is 0.870. The van der Waals surface area contributed by atoms with Gasteiger partial charge in [0.1, 0.15) is 0 Å². The Bertz CT molecular complexity index is 244. The van der Waals surface area contributed by atoms with Gasteiger partial charge in [-0.3, -0.25) is 0 Å². The smallest absolute Gasteiger partial charge is 0.436 e. The first-order chi connectivity index (χ1) is 4.91. The Morgan fingerprint density at radius 3 is 2.18 bits per heavy atom. The number of hydrogen-bond acceptors (Lipinski definition) is 2. The first-order valence-electron chi connectivity index (χ1n) is 2.84.